The fourth-order valence-corrected chi connectivity index (χ4v) is 3.45. The molecule has 0 unspecified atom stereocenters. The summed E-state index contributed by atoms with van der Waals surface area (Å²) in [6, 6.07) is 5.79. The number of rotatable bonds is 4. The van der Waals surface area contributed by atoms with Crippen LogP contribution in [-0.4, -0.2) is 29.8 Å². The summed E-state index contributed by atoms with van der Waals surface area (Å²) in [7, 11) is 0. The fourth-order valence-electron chi connectivity index (χ4n) is 3.45. The first-order valence-electron chi connectivity index (χ1n) is 9.47. The number of nitro groups is 1. The van der Waals surface area contributed by atoms with E-state index in [1.54, 1.807) is 26.0 Å². The van der Waals surface area contributed by atoms with Crippen molar-refractivity contribution in [1.29, 1.82) is 0 Å². The highest BCUT2D eigenvalue weighted by Crippen LogP contribution is 2.29. The Morgan fingerprint density at radius 2 is 1.72 bits per heavy atom. The minimum Gasteiger partial charge on any atom is -0.466 e. The standard InChI is InChI=1S/C20H24N4O5/c1-12-6-8-23(9-7-12)18-5-4-15(24(27)28)11-17(18)20(26)22-21-19(25)16-10-13(2)29-14(16)3/h4-5,10-12H,6-9H2,1-3H3,(H,21,25)(H,22,26). The quantitative estimate of drug-likeness (QED) is 0.601. The van der Waals surface area contributed by atoms with Gasteiger partial charge in [-0.25, -0.2) is 0 Å². The lowest BCUT2D eigenvalue weighted by molar-refractivity contribution is -0.384. The van der Waals surface area contributed by atoms with Gasteiger partial charge in [0.2, 0.25) is 0 Å². The van der Waals surface area contributed by atoms with Crippen molar-refractivity contribution >= 4 is 23.2 Å². The average molecular weight is 400 g/mol. The first kappa shape index (κ1) is 20.4. The molecule has 2 heterocycles. The number of aryl methyl sites for hydroxylation is 2. The number of hydrogen-bond donors (Lipinski definition) is 2. The summed E-state index contributed by atoms with van der Waals surface area (Å²) in [5.41, 5.74) is 5.60. The van der Waals surface area contributed by atoms with Gasteiger partial charge in [-0.2, -0.15) is 0 Å². The van der Waals surface area contributed by atoms with Gasteiger partial charge in [-0.05, 0) is 44.7 Å². The number of non-ortho nitro benzene ring substituents is 1. The SMILES string of the molecule is Cc1cc(C(=O)NNC(=O)c2cc([N+](=O)[O-])ccc2N2CCC(C)CC2)c(C)o1. The van der Waals surface area contributed by atoms with Crippen LogP contribution >= 0.6 is 0 Å². The van der Waals surface area contributed by atoms with Gasteiger partial charge in [-0.3, -0.25) is 30.6 Å². The number of carbonyl (C=O) groups excluding carboxylic acids is 2. The van der Waals surface area contributed by atoms with E-state index in [9.17, 15) is 19.7 Å². The maximum Gasteiger partial charge on any atom is 0.273 e. The molecule has 9 nitrogen and oxygen atoms in total. The molecule has 0 spiro atoms. The van der Waals surface area contributed by atoms with Crippen LogP contribution in [0.5, 0.6) is 0 Å². The Morgan fingerprint density at radius 3 is 2.28 bits per heavy atom. The van der Waals surface area contributed by atoms with E-state index >= 15 is 0 Å². The monoisotopic (exact) mass is 400 g/mol. The summed E-state index contributed by atoms with van der Waals surface area (Å²) in [4.78, 5) is 37.8. The van der Waals surface area contributed by atoms with Crippen molar-refractivity contribution < 1.29 is 18.9 Å². The van der Waals surface area contributed by atoms with E-state index in [1.807, 2.05) is 4.90 Å². The van der Waals surface area contributed by atoms with Crippen LogP contribution in [0.3, 0.4) is 0 Å². The topological polar surface area (TPSA) is 118 Å². The average Bonchev–Trinajstić information content (AvgIpc) is 3.04. The van der Waals surface area contributed by atoms with Crippen LogP contribution in [0.4, 0.5) is 11.4 Å². The van der Waals surface area contributed by atoms with E-state index in [0.29, 0.717) is 28.7 Å². The summed E-state index contributed by atoms with van der Waals surface area (Å²) in [6.07, 6.45) is 1.96. The van der Waals surface area contributed by atoms with Gasteiger partial charge in [-0.1, -0.05) is 6.92 Å². The summed E-state index contributed by atoms with van der Waals surface area (Å²) >= 11 is 0. The minimum atomic E-state index is -0.617. The zero-order valence-electron chi connectivity index (χ0n) is 16.7. The van der Waals surface area contributed by atoms with Crippen molar-refractivity contribution in [3.05, 3.63) is 57.0 Å². The predicted molar refractivity (Wildman–Crippen MR) is 107 cm³/mol. The van der Waals surface area contributed by atoms with Crippen molar-refractivity contribution in [1.82, 2.24) is 10.9 Å². The first-order valence-corrected chi connectivity index (χ1v) is 9.47. The zero-order valence-corrected chi connectivity index (χ0v) is 16.7. The second-order valence-electron chi connectivity index (χ2n) is 7.36. The van der Waals surface area contributed by atoms with E-state index in [0.717, 1.165) is 25.9 Å². The Hall–Kier alpha value is -3.36. The van der Waals surface area contributed by atoms with Crippen LogP contribution in [0, 0.1) is 29.9 Å². The molecule has 0 aliphatic carbocycles. The smallest absolute Gasteiger partial charge is 0.273 e. The second-order valence-corrected chi connectivity index (χ2v) is 7.36. The molecule has 1 fully saturated rings. The third-order valence-corrected chi connectivity index (χ3v) is 5.14. The van der Waals surface area contributed by atoms with Gasteiger partial charge in [-0.15, -0.1) is 0 Å². The van der Waals surface area contributed by atoms with Gasteiger partial charge in [0.05, 0.1) is 21.7 Å². The molecule has 1 aromatic heterocycles. The molecule has 0 saturated carbocycles. The predicted octanol–water partition coefficient (Wildman–Crippen LogP) is 3.12. The molecule has 1 aliphatic heterocycles. The molecule has 0 bridgehead atoms. The van der Waals surface area contributed by atoms with E-state index in [-0.39, 0.29) is 11.3 Å². The number of piperidine rings is 1. The van der Waals surface area contributed by atoms with Crippen molar-refractivity contribution in [2.45, 2.75) is 33.6 Å². The molecular weight excluding hydrogens is 376 g/mol. The van der Waals surface area contributed by atoms with Gasteiger partial charge in [0.25, 0.3) is 17.5 Å². The third kappa shape index (κ3) is 4.56. The molecule has 0 radical (unpaired) electrons. The van der Waals surface area contributed by atoms with Gasteiger partial charge < -0.3 is 9.32 Å². The minimum absolute atomic E-state index is 0.147. The lowest BCUT2D eigenvalue weighted by Crippen LogP contribution is -2.42. The van der Waals surface area contributed by atoms with Crippen LogP contribution < -0.4 is 15.8 Å². The molecule has 0 atom stereocenters. The highest BCUT2D eigenvalue weighted by Gasteiger charge is 2.24. The molecule has 3 rings (SSSR count). The Morgan fingerprint density at radius 1 is 1.10 bits per heavy atom. The van der Waals surface area contributed by atoms with Gasteiger partial charge in [0.15, 0.2) is 0 Å². The molecule has 2 amide bonds. The van der Waals surface area contributed by atoms with E-state index in [4.69, 9.17) is 4.42 Å². The number of amides is 2. The van der Waals surface area contributed by atoms with Crippen LogP contribution in [0.15, 0.2) is 28.7 Å². The largest absolute Gasteiger partial charge is 0.466 e. The first-order chi connectivity index (χ1) is 13.8. The molecule has 2 aromatic rings. The molecular formula is C20H24N4O5. The Balaban J connectivity index is 1.80. The molecule has 9 heteroatoms. The number of furan rings is 1. The molecule has 154 valence electrons. The van der Waals surface area contributed by atoms with Crippen molar-refractivity contribution in [2.75, 3.05) is 18.0 Å². The molecule has 2 N–H and O–H groups in total. The lowest BCUT2D eigenvalue weighted by Gasteiger charge is -2.33. The highest BCUT2D eigenvalue weighted by atomic mass is 16.6. The number of hydrogen-bond acceptors (Lipinski definition) is 6. The van der Waals surface area contributed by atoms with Crippen LogP contribution in [0.2, 0.25) is 0 Å². The van der Waals surface area contributed by atoms with Gasteiger partial charge in [0.1, 0.15) is 11.5 Å². The number of nitro benzene ring substituents is 1. The number of nitrogens with zero attached hydrogens (tertiary/aromatic N) is 2. The van der Waals surface area contributed by atoms with E-state index in [2.05, 4.69) is 17.8 Å². The number of nitrogens with one attached hydrogen (secondary N) is 2. The van der Waals surface area contributed by atoms with Crippen LogP contribution in [0.1, 0.15) is 52.0 Å². The van der Waals surface area contributed by atoms with E-state index in [1.165, 1.54) is 12.1 Å². The Kier molecular flexibility index (Phi) is 5.86. The number of carbonyl (C=O) groups is 2. The fraction of sp³-hybridized carbons (Fsp3) is 0.400. The third-order valence-electron chi connectivity index (χ3n) is 5.14. The summed E-state index contributed by atoms with van der Waals surface area (Å²) in [5, 5.41) is 11.2. The molecule has 1 saturated heterocycles. The zero-order chi connectivity index (χ0) is 21.1. The van der Waals surface area contributed by atoms with Crippen molar-refractivity contribution in [2.24, 2.45) is 5.92 Å². The lowest BCUT2D eigenvalue weighted by atomic mass is 9.98. The maximum absolute atomic E-state index is 12.8. The van der Waals surface area contributed by atoms with Crippen LogP contribution in [-0.2, 0) is 0 Å². The normalized spacial score (nSPS) is 14.5. The van der Waals surface area contributed by atoms with Gasteiger partial charge >= 0.3 is 0 Å². The Labute approximate surface area is 168 Å². The number of anilines is 1. The maximum atomic E-state index is 12.8. The number of benzene rings is 1. The van der Waals surface area contributed by atoms with Crippen LogP contribution in [0.25, 0.3) is 0 Å². The summed E-state index contributed by atoms with van der Waals surface area (Å²) < 4.78 is 5.32. The van der Waals surface area contributed by atoms with Gasteiger partial charge in [0, 0.05) is 25.2 Å². The summed E-state index contributed by atoms with van der Waals surface area (Å²) in [5.74, 6) is 0.481. The second kappa shape index (κ2) is 8.34. The number of hydrazine groups is 1. The van der Waals surface area contributed by atoms with Crippen molar-refractivity contribution in [3.63, 3.8) is 0 Å². The molecule has 1 aromatic carbocycles. The van der Waals surface area contributed by atoms with Crippen molar-refractivity contribution in [3.8, 4) is 0 Å². The highest BCUT2D eigenvalue weighted by molar-refractivity contribution is 6.03. The molecule has 29 heavy (non-hydrogen) atoms. The summed E-state index contributed by atoms with van der Waals surface area (Å²) in [6.45, 7) is 7.07. The Bertz CT molecular complexity index is 944. The van der Waals surface area contributed by atoms with E-state index < -0.39 is 16.7 Å². The molecule has 1 aliphatic rings.